The fraction of sp³-hybridized carbons (Fsp3) is 0.333. The summed E-state index contributed by atoms with van der Waals surface area (Å²) in [6.45, 7) is 1.99. The Morgan fingerprint density at radius 1 is 1.18 bits per heavy atom. The highest BCUT2D eigenvalue weighted by Gasteiger charge is 2.34. The predicted molar refractivity (Wildman–Crippen MR) is 102 cm³/mol. The third kappa shape index (κ3) is 4.83. The maximum atomic E-state index is 12.5. The second-order valence-corrected chi connectivity index (χ2v) is 7.02. The number of benzene rings is 1. The topological polar surface area (TPSA) is 114 Å². The molecule has 28 heavy (non-hydrogen) atoms. The number of nitrogens with one attached hydrogen (secondary N) is 2. The number of hydrogen-bond acceptors (Lipinski definition) is 7. The lowest BCUT2D eigenvalue weighted by atomic mass is 10.2. The third-order valence-corrected chi connectivity index (χ3v) is 4.86. The van der Waals surface area contributed by atoms with E-state index in [0.717, 1.165) is 22.2 Å². The Kier molecular flexibility index (Phi) is 6.19. The third-order valence-electron chi connectivity index (χ3n) is 3.95. The number of fused-ring (bicyclic) bond motifs is 1. The molecule has 148 valence electrons. The van der Waals surface area contributed by atoms with Gasteiger partial charge in [0.25, 0.3) is 11.1 Å². The molecule has 3 rings (SSSR count). The highest BCUT2D eigenvalue weighted by atomic mass is 32.2. The van der Waals surface area contributed by atoms with Gasteiger partial charge >= 0.3 is 0 Å². The van der Waals surface area contributed by atoms with Crippen LogP contribution in [-0.2, 0) is 14.4 Å². The van der Waals surface area contributed by atoms with Gasteiger partial charge in [-0.1, -0.05) is 6.07 Å². The number of amides is 4. The molecule has 2 aliphatic rings. The summed E-state index contributed by atoms with van der Waals surface area (Å²) in [6, 6.07) is 5.26. The molecule has 9 nitrogen and oxygen atoms in total. The van der Waals surface area contributed by atoms with Crippen LogP contribution in [0.2, 0.25) is 0 Å². The van der Waals surface area contributed by atoms with Crippen LogP contribution in [0.4, 0.5) is 4.79 Å². The van der Waals surface area contributed by atoms with E-state index in [9.17, 15) is 19.2 Å². The van der Waals surface area contributed by atoms with Crippen molar-refractivity contribution in [1.82, 2.24) is 15.5 Å². The monoisotopic (exact) mass is 405 g/mol. The smallest absolute Gasteiger partial charge is 0.293 e. The highest BCUT2D eigenvalue weighted by Crippen LogP contribution is 2.36. The molecule has 2 aliphatic heterocycles. The van der Waals surface area contributed by atoms with Crippen LogP contribution in [0, 0.1) is 0 Å². The minimum Gasteiger partial charge on any atom is -0.454 e. The molecule has 0 aromatic heterocycles. The molecular weight excluding hydrogens is 386 g/mol. The minimum absolute atomic E-state index is 0.0784. The van der Waals surface area contributed by atoms with E-state index in [1.54, 1.807) is 24.3 Å². The maximum absolute atomic E-state index is 12.5. The van der Waals surface area contributed by atoms with Crippen LogP contribution in [0.1, 0.15) is 18.9 Å². The van der Waals surface area contributed by atoms with Gasteiger partial charge in [0.2, 0.25) is 18.6 Å². The van der Waals surface area contributed by atoms with Gasteiger partial charge in [0, 0.05) is 33.0 Å². The molecule has 10 heteroatoms. The molecule has 1 aromatic rings. The lowest BCUT2D eigenvalue weighted by molar-refractivity contribution is -0.124. The molecule has 0 unspecified atom stereocenters. The fourth-order valence-corrected chi connectivity index (χ4v) is 3.46. The van der Waals surface area contributed by atoms with Gasteiger partial charge < -0.3 is 20.1 Å². The first kappa shape index (κ1) is 19.7. The number of hydrogen-bond donors (Lipinski definition) is 2. The van der Waals surface area contributed by atoms with Gasteiger partial charge in [0.1, 0.15) is 0 Å². The molecule has 0 radical (unpaired) electrons. The molecule has 0 saturated carbocycles. The summed E-state index contributed by atoms with van der Waals surface area (Å²) >= 11 is 0.852. The Morgan fingerprint density at radius 3 is 2.75 bits per heavy atom. The van der Waals surface area contributed by atoms with Crippen molar-refractivity contribution in [2.75, 3.05) is 26.4 Å². The summed E-state index contributed by atoms with van der Waals surface area (Å²) in [4.78, 5) is 48.4. The zero-order chi connectivity index (χ0) is 20.1. The SMILES string of the molecule is CC(=O)NCCC(=O)NCCN1C(=O)S/C(=C\c2ccc3c(c2)OCO3)C1=O. The van der Waals surface area contributed by atoms with E-state index >= 15 is 0 Å². The number of thioether (sulfide) groups is 1. The van der Waals surface area contributed by atoms with Gasteiger partial charge in [-0.2, -0.15) is 0 Å². The summed E-state index contributed by atoms with van der Waals surface area (Å²) in [5.74, 6) is 0.353. The minimum atomic E-state index is -0.403. The van der Waals surface area contributed by atoms with Crippen molar-refractivity contribution in [2.45, 2.75) is 13.3 Å². The highest BCUT2D eigenvalue weighted by molar-refractivity contribution is 8.18. The van der Waals surface area contributed by atoms with Crippen LogP contribution in [0.15, 0.2) is 23.1 Å². The van der Waals surface area contributed by atoms with E-state index < -0.39 is 5.91 Å². The molecule has 1 saturated heterocycles. The normalized spacial score (nSPS) is 16.6. The molecule has 0 atom stereocenters. The van der Waals surface area contributed by atoms with Crippen molar-refractivity contribution in [1.29, 1.82) is 0 Å². The van der Waals surface area contributed by atoms with Crippen molar-refractivity contribution < 1.29 is 28.7 Å². The van der Waals surface area contributed by atoms with Gasteiger partial charge in [-0.3, -0.25) is 24.1 Å². The van der Waals surface area contributed by atoms with Crippen LogP contribution < -0.4 is 20.1 Å². The van der Waals surface area contributed by atoms with Crippen LogP contribution in [0.5, 0.6) is 11.5 Å². The average Bonchev–Trinajstić information content (AvgIpc) is 3.20. The molecule has 4 amide bonds. The average molecular weight is 405 g/mol. The van der Waals surface area contributed by atoms with Gasteiger partial charge in [-0.15, -0.1) is 0 Å². The number of carbonyl (C=O) groups excluding carboxylic acids is 4. The van der Waals surface area contributed by atoms with E-state index in [2.05, 4.69) is 10.6 Å². The first-order valence-corrected chi connectivity index (χ1v) is 9.42. The quantitative estimate of drug-likeness (QED) is 0.653. The fourth-order valence-electron chi connectivity index (χ4n) is 2.59. The Balaban J connectivity index is 1.52. The molecule has 1 aromatic carbocycles. The largest absolute Gasteiger partial charge is 0.454 e. The number of carbonyl (C=O) groups is 4. The lowest BCUT2D eigenvalue weighted by Gasteiger charge is -2.13. The van der Waals surface area contributed by atoms with E-state index in [1.807, 2.05) is 0 Å². The Morgan fingerprint density at radius 2 is 1.96 bits per heavy atom. The summed E-state index contributed by atoms with van der Waals surface area (Å²) in [5, 5.41) is 4.76. The molecule has 0 aliphatic carbocycles. The first-order valence-electron chi connectivity index (χ1n) is 8.60. The summed E-state index contributed by atoms with van der Waals surface area (Å²) in [7, 11) is 0. The second kappa shape index (κ2) is 8.79. The Labute approximate surface area is 165 Å². The van der Waals surface area contributed by atoms with E-state index in [1.165, 1.54) is 6.92 Å². The van der Waals surface area contributed by atoms with Gasteiger partial charge in [0.15, 0.2) is 11.5 Å². The number of imide groups is 1. The van der Waals surface area contributed by atoms with Crippen molar-refractivity contribution >= 4 is 40.8 Å². The zero-order valence-electron chi connectivity index (χ0n) is 15.1. The van der Waals surface area contributed by atoms with Crippen LogP contribution in [0.3, 0.4) is 0 Å². The van der Waals surface area contributed by atoms with Crippen molar-refractivity contribution in [3.63, 3.8) is 0 Å². The van der Waals surface area contributed by atoms with E-state index in [0.29, 0.717) is 16.4 Å². The lowest BCUT2D eigenvalue weighted by Crippen LogP contribution is -2.38. The summed E-state index contributed by atoms with van der Waals surface area (Å²) in [6.07, 6.45) is 1.75. The second-order valence-electron chi connectivity index (χ2n) is 6.03. The van der Waals surface area contributed by atoms with Crippen LogP contribution >= 0.6 is 11.8 Å². The Hall–Kier alpha value is -3.01. The Bertz CT molecular complexity index is 854. The van der Waals surface area contributed by atoms with Crippen molar-refractivity contribution in [2.24, 2.45) is 0 Å². The van der Waals surface area contributed by atoms with Crippen LogP contribution in [-0.4, -0.2) is 54.3 Å². The molecule has 1 fully saturated rings. The van der Waals surface area contributed by atoms with Crippen molar-refractivity contribution in [3.05, 3.63) is 28.7 Å². The van der Waals surface area contributed by atoms with E-state index in [-0.39, 0.29) is 49.9 Å². The standard InChI is InChI=1S/C18H19N3O6S/c1-11(22)19-5-4-16(23)20-6-7-21-17(24)15(28-18(21)25)9-12-2-3-13-14(8-12)27-10-26-13/h2-3,8-9H,4-7,10H2,1H3,(H,19,22)(H,20,23)/b15-9-. The predicted octanol–water partition coefficient (Wildman–Crippen LogP) is 1.09. The summed E-state index contributed by atoms with van der Waals surface area (Å²) < 4.78 is 10.6. The van der Waals surface area contributed by atoms with Gasteiger partial charge in [-0.05, 0) is 35.5 Å². The molecule has 0 spiro atoms. The van der Waals surface area contributed by atoms with Crippen LogP contribution in [0.25, 0.3) is 6.08 Å². The zero-order valence-corrected chi connectivity index (χ0v) is 16.0. The maximum Gasteiger partial charge on any atom is 0.293 e. The van der Waals surface area contributed by atoms with E-state index in [4.69, 9.17) is 9.47 Å². The molecule has 0 bridgehead atoms. The first-order chi connectivity index (χ1) is 13.4. The number of nitrogens with zero attached hydrogens (tertiary/aromatic N) is 1. The summed E-state index contributed by atoms with van der Waals surface area (Å²) in [5.41, 5.74) is 0.723. The molecule has 2 heterocycles. The number of ether oxygens (including phenoxy) is 2. The van der Waals surface area contributed by atoms with Gasteiger partial charge in [0.05, 0.1) is 4.91 Å². The van der Waals surface area contributed by atoms with Crippen molar-refractivity contribution in [3.8, 4) is 11.5 Å². The molecule has 2 N–H and O–H groups in total. The van der Waals surface area contributed by atoms with Gasteiger partial charge in [-0.25, -0.2) is 0 Å². The molecular formula is C18H19N3O6S. The number of rotatable bonds is 7.